The molecule has 0 aliphatic carbocycles. The van der Waals surface area contributed by atoms with Gasteiger partial charge in [-0.25, -0.2) is 0 Å². The van der Waals surface area contributed by atoms with E-state index in [-0.39, 0.29) is 17.2 Å². The number of nitrogens with zero attached hydrogens (tertiary/aromatic N) is 4. The van der Waals surface area contributed by atoms with Crippen molar-refractivity contribution >= 4 is 11.8 Å². The molecule has 3 rings (SSSR count). The number of likely N-dealkylation sites (tertiary alicyclic amines) is 2. The van der Waals surface area contributed by atoms with Crippen LogP contribution in [0.3, 0.4) is 0 Å². The van der Waals surface area contributed by atoms with Gasteiger partial charge in [0.2, 0.25) is 11.8 Å². The van der Waals surface area contributed by atoms with E-state index in [9.17, 15) is 9.59 Å². The van der Waals surface area contributed by atoms with Gasteiger partial charge in [0.1, 0.15) is 0 Å². The second-order valence-electron chi connectivity index (χ2n) is 8.42. The number of hydrogen-bond donors (Lipinski definition) is 0. The fourth-order valence-electron chi connectivity index (χ4n) is 4.18. The third-order valence-corrected chi connectivity index (χ3v) is 5.53. The molecule has 0 N–H and O–H groups in total. The fraction of sp³-hybridized carbons (Fsp3) is 0.700. The summed E-state index contributed by atoms with van der Waals surface area (Å²) in [5, 5.41) is 0. The largest absolute Gasteiger partial charge is 0.342 e. The Labute approximate surface area is 156 Å². The molecule has 2 aliphatic rings. The standard InChI is InChI=1S/C20H30N4O2/c1-15(2)9-19(26)23-8-4-6-20(13-23)7-5-18(25)24(14-20)12-17-11-21-16(3)10-22-17/h10-11,15H,4-9,12-14H2,1-3H3. The first kappa shape index (κ1) is 18.8. The normalized spacial score (nSPS) is 23.8. The number of amides is 2. The van der Waals surface area contributed by atoms with Crippen molar-refractivity contribution in [3.05, 3.63) is 23.8 Å². The Morgan fingerprint density at radius 3 is 2.73 bits per heavy atom. The predicted molar refractivity (Wildman–Crippen MR) is 99.1 cm³/mol. The second-order valence-corrected chi connectivity index (χ2v) is 8.42. The Hall–Kier alpha value is -1.98. The summed E-state index contributed by atoms with van der Waals surface area (Å²) in [6.07, 6.45) is 7.66. The van der Waals surface area contributed by atoms with Gasteiger partial charge in [-0.2, -0.15) is 0 Å². The van der Waals surface area contributed by atoms with Gasteiger partial charge in [-0.05, 0) is 32.1 Å². The van der Waals surface area contributed by atoms with Gasteiger partial charge in [0.05, 0.1) is 24.1 Å². The van der Waals surface area contributed by atoms with Crippen LogP contribution in [-0.4, -0.2) is 51.2 Å². The lowest BCUT2D eigenvalue weighted by Gasteiger charge is -2.48. The molecule has 0 saturated carbocycles. The van der Waals surface area contributed by atoms with Crippen LogP contribution in [0.5, 0.6) is 0 Å². The highest BCUT2D eigenvalue weighted by molar-refractivity contribution is 5.78. The molecule has 6 heteroatoms. The number of carbonyl (C=O) groups excluding carboxylic acids is 2. The number of aryl methyl sites for hydroxylation is 1. The molecule has 1 atom stereocenters. The van der Waals surface area contributed by atoms with Gasteiger partial charge in [-0.1, -0.05) is 13.8 Å². The van der Waals surface area contributed by atoms with Gasteiger partial charge in [0.25, 0.3) is 0 Å². The quantitative estimate of drug-likeness (QED) is 0.830. The zero-order valence-electron chi connectivity index (χ0n) is 16.2. The molecule has 2 amide bonds. The van der Waals surface area contributed by atoms with Gasteiger partial charge in [-0.3, -0.25) is 19.6 Å². The lowest BCUT2D eigenvalue weighted by atomic mass is 9.73. The first-order valence-corrected chi connectivity index (χ1v) is 9.70. The molecule has 0 bridgehead atoms. The first-order chi connectivity index (χ1) is 12.4. The molecule has 1 spiro atoms. The number of aromatic nitrogens is 2. The Bertz CT molecular complexity index is 658. The summed E-state index contributed by atoms with van der Waals surface area (Å²) in [6.45, 7) is 8.93. The number of carbonyl (C=O) groups is 2. The van der Waals surface area contributed by atoms with E-state index < -0.39 is 0 Å². The number of piperidine rings is 2. The molecule has 0 radical (unpaired) electrons. The summed E-state index contributed by atoms with van der Waals surface area (Å²) in [7, 11) is 0. The molecule has 0 aromatic carbocycles. The second kappa shape index (κ2) is 7.72. The minimum Gasteiger partial charge on any atom is -0.342 e. The van der Waals surface area contributed by atoms with E-state index in [0.717, 1.165) is 43.7 Å². The van der Waals surface area contributed by atoms with E-state index in [1.54, 1.807) is 12.4 Å². The van der Waals surface area contributed by atoms with Crippen LogP contribution in [-0.2, 0) is 16.1 Å². The molecule has 1 aromatic heterocycles. The van der Waals surface area contributed by atoms with Crippen LogP contribution in [0.15, 0.2) is 12.4 Å². The lowest BCUT2D eigenvalue weighted by molar-refractivity contribution is -0.144. The van der Waals surface area contributed by atoms with E-state index in [2.05, 4.69) is 23.8 Å². The average Bonchev–Trinajstić information content (AvgIpc) is 2.60. The molecule has 1 unspecified atom stereocenters. The Balaban J connectivity index is 1.68. The first-order valence-electron chi connectivity index (χ1n) is 9.70. The Kier molecular flexibility index (Phi) is 5.58. The van der Waals surface area contributed by atoms with E-state index in [0.29, 0.717) is 31.8 Å². The molecule has 6 nitrogen and oxygen atoms in total. The third kappa shape index (κ3) is 4.40. The monoisotopic (exact) mass is 358 g/mol. The maximum absolute atomic E-state index is 12.5. The van der Waals surface area contributed by atoms with Crippen molar-refractivity contribution in [3.63, 3.8) is 0 Å². The lowest BCUT2D eigenvalue weighted by Crippen LogP contribution is -2.55. The van der Waals surface area contributed by atoms with Gasteiger partial charge >= 0.3 is 0 Å². The summed E-state index contributed by atoms with van der Waals surface area (Å²) in [6, 6.07) is 0. The smallest absolute Gasteiger partial charge is 0.222 e. The van der Waals surface area contributed by atoms with Crippen LogP contribution in [0, 0.1) is 18.3 Å². The van der Waals surface area contributed by atoms with Crippen molar-refractivity contribution in [2.45, 2.75) is 59.4 Å². The van der Waals surface area contributed by atoms with Gasteiger partial charge in [0.15, 0.2) is 0 Å². The van der Waals surface area contributed by atoms with Crippen LogP contribution in [0.4, 0.5) is 0 Å². The van der Waals surface area contributed by atoms with E-state index in [1.807, 2.05) is 16.7 Å². The molecule has 2 fully saturated rings. The summed E-state index contributed by atoms with van der Waals surface area (Å²) in [4.78, 5) is 37.6. The fourth-order valence-corrected chi connectivity index (χ4v) is 4.18. The zero-order valence-corrected chi connectivity index (χ0v) is 16.2. The van der Waals surface area contributed by atoms with Crippen LogP contribution in [0.1, 0.15) is 57.3 Å². The maximum atomic E-state index is 12.5. The number of hydrogen-bond acceptors (Lipinski definition) is 4. The molecule has 142 valence electrons. The van der Waals surface area contributed by atoms with Crippen LogP contribution in [0.2, 0.25) is 0 Å². The summed E-state index contributed by atoms with van der Waals surface area (Å²) < 4.78 is 0. The minimum absolute atomic E-state index is 0.0386. The Morgan fingerprint density at radius 1 is 1.23 bits per heavy atom. The molecule has 2 aliphatic heterocycles. The highest BCUT2D eigenvalue weighted by Crippen LogP contribution is 2.39. The van der Waals surface area contributed by atoms with E-state index in [4.69, 9.17) is 0 Å². The highest BCUT2D eigenvalue weighted by atomic mass is 16.2. The topological polar surface area (TPSA) is 66.4 Å². The molecule has 26 heavy (non-hydrogen) atoms. The molecular formula is C20H30N4O2. The summed E-state index contributed by atoms with van der Waals surface area (Å²) >= 11 is 0. The third-order valence-electron chi connectivity index (χ3n) is 5.53. The van der Waals surface area contributed by atoms with Gasteiger partial charge in [0, 0.05) is 44.1 Å². The van der Waals surface area contributed by atoms with E-state index in [1.165, 1.54) is 0 Å². The van der Waals surface area contributed by atoms with Crippen molar-refractivity contribution in [1.82, 2.24) is 19.8 Å². The van der Waals surface area contributed by atoms with Crippen LogP contribution < -0.4 is 0 Å². The SMILES string of the molecule is Cc1cnc(CN2CC3(CCCN(C(=O)CC(C)C)C3)CCC2=O)cn1. The van der Waals surface area contributed by atoms with Crippen LogP contribution >= 0.6 is 0 Å². The molecular weight excluding hydrogens is 328 g/mol. The molecule has 1 aromatic rings. The van der Waals surface area contributed by atoms with Crippen molar-refractivity contribution in [2.75, 3.05) is 19.6 Å². The highest BCUT2D eigenvalue weighted by Gasteiger charge is 2.42. The average molecular weight is 358 g/mol. The zero-order chi connectivity index (χ0) is 18.7. The van der Waals surface area contributed by atoms with Crippen molar-refractivity contribution < 1.29 is 9.59 Å². The summed E-state index contributed by atoms with van der Waals surface area (Å²) in [5.41, 5.74) is 1.74. The summed E-state index contributed by atoms with van der Waals surface area (Å²) in [5.74, 6) is 0.820. The molecule has 2 saturated heterocycles. The Morgan fingerprint density at radius 2 is 2.04 bits per heavy atom. The van der Waals surface area contributed by atoms with Crippen molar-refractivity contribution in [2.24, 2.45) is 11.3 Å². The number of rotatable bonds is 4. The predicted octanol–water partition coefficient (Wildman–Crippen LogP) is 2.56. The van der Waals surface area contributed by atoms with Crippen molar-refractivity contribution in [1.29, 1.82) is 0 Å². The minimum atomic E-state index is 0.0386. The maximum Gasteiger partial charge on any atom is 0.222 e. The van der Waals surface area contributed by atoms with Crippen molar-refractivity contribution in [3.8, 4) is 0 Å². The van der Waals surface area contributed by atoms with Gasteiger partial charge in [-0.15, -0.1) is 0 Å². The van der Waals surface area contributed by atoms with E-state index >= 15 is 0 Å². The molecule has 3 heterocycles. The van der Waals surface area contributed by atoms with Crippen LogP contribution in [0.25, 0.3) is 0 Å². The van der Waals surface area contributed by atoms with Gasteiger partial charge < -0.3 is 9.80 Å².